The van der Waals surface area contributed by atoms with Crippen molar-refractivity contribution in [3.8, 4) is 6.07 Å². The number of ether oxygens (including phenoxy) is 1. The van der Waals surface area contributed by atoms with Crippen molar-refractivity contribution in [2.24, 2.45) is 0 Å². The maximum atomic E-state index is 9.49. The Hall–Kier alpha value is -3.32. The van der Waals surface area contributed by atoms with Gasteiger partial charge in [0.2, 0.25) is 5.95 Å². The second-order valence-electron chi connectivity index (χ2n) is 9.65. The van der Waals surface area contributed by atoms with Gasteiger partial charge in [-0.1, -0.05) is 0 Å². The largest absolute Gasteiger partial charge is 0.370 e. The van der Waals surface area contributed by atoms with Crippen LogP contribution in [0.4, 0.5) is 11.6 Å². The molecule has 0 bridgehead atoms. The molecule has 180 valence electrons. The quantitative estimate of drug-likeness (QED) is 0.614. The SMILES string of the molecule is C[C@@H]1CN(c2ccc(C#N)c3ncccc23)C[C@H](CN2CCN(c3ncc4c(n3)CNC4)CC2)O1. The first kappa shape index (κ1) is 22.2. The van der Waals surface area contributed by atoms with Crippen LogP contribution in [-0.2, 0) is 17.8 Å². The number of benzene rings is 1. The summed E-state index contributed by atoms with van der Waals surface area (Å²) in [6, 6.07) is 10.2. The molecule has 3 aliphatic heterocycles. The Bertz CT molecular complexity index is 1270. The van der Waals surface area contributed by atoms with Crippen LogP contribution in [0.2, 0.25) is 0 Å². The number of pyridine rings is 1. The zero-order valence-electron chi connectivity index (χ0n) is 20.0. The van der Waals surface area contributed by atoms with Gasteiger partial charge in [-0.25, -0.2) is 9.97 Å². The zero-order chi connectivity index (χ0) is 23.8. The Kier molecular flexibility index (Phi) is 5.94. The maximum absolute atomic E-state index is 9.49. The normalized spacial score (nSPS) is 22.9. The van der Waals surface area contributed by atoms with Gasteiger partial charge >= 0.3 is 0 Å². The highest BCUT2D eigenvalue weighted by Gasteiger charge is 2.30. The molecule has 0 spiro atoms. The molecule has 35 heavy (non-hydrogen) atoms. The van der Waals surface area contributed by atoms with Crippen molar-refractivity contribution in [3.63, 3.8) is 0 Å². The van der Waals surface area contributed by atoms with Gasteiger partial charge in [0, 0.05) is 87.9 Å². The number of hydrogen-bond acceptors (Lipinski definition) is 9. The van der Waals surface area contributed by atoms with Crippen LogP contribution in [0.5, 0.6) is 0 Å². The molecule has 9 heteroatoms. The number of nitrogens with one attached hydrogen (secondary N) is 1. The second-order valence-corrected chi connectivity index (χ2v) is 9.65. The maximum Gasteiger partial charge on any atom is 0.225 e. The number of aromatic nitrogens is 3. The van der Waals surface area contributed by atoms with E-state index in [2.05, 4.69) is 55.1 Å². The Labute approximate surface area is 205 Å². The molecule has 2 aromatic heterocycles. The Balaban J connectivity index is 1.12. The van der Waals surface area contributed by atoms with E-state index in [1.54, 1.807) is 6.20 Å². The number of anilines is 2. The van der Waals surface area contributed by atoms with Crippen molar-refractivity contribution in [2.45, 2.75) is 32.2 Å². The summed E-state index contributed by atoms with van der Waals surface area (Å²) in [5, 5.41) is 13.9. The highest BCUT2D eigenvalue weighted by Crippen LogP contribution is 2.30. The highest BCUT2D eigenvalue weighted by molar-refractivity contribution is 5.95. The van der Waals surface area contributed by atoms with Gasteiger partial charge in [0.05, 0.1) is 29.0 Å². The van der Waals surface area contributed by atoms with E-state index >= 15 is 0 Å². The van der Waals surface area contributed by atoms with Gasteiger partial charge in [0.15, 0.2) is 0 Å². The lowest BCUT2D eigenvalue weighted by atomic mass is 10.1. The van der Waals surface area contributed by atoms with Crippen LogP contribution in [0.1, 0.15) is 23.7 Å². The van der Waals surface area contributed by atoms with Crippen LogP contribution in [-0.4, -0.2) is 77.9 Å². The number of nitriles is 1. The van der Waals surface area contributed by atoms with Gasteiger partial charge < -0.3 is 19.9 Å². The summed E-state index contributed by atoms with van der Waals surface area (Å²) < 4.78 is 6.36. The van der Waals surface area contributed by atoms with Gasteiger partial charge in [-0.2, -0.15) is 5.26 Å². The molecule has 3 aliphatic rings. The third-order valence-electron chi connectivity index (χ3n) is 7.20. The Morgan fingerprint density at radius 3 is 2.83 bits per heavy atom. The molecule has 0 amide bonds. The molecule has 9 nitrogen and oxygen atoms in total. The standard InChI is InChI=1S/C26H30N8O/c1-18-15-34(24-5-4-19(11-27)25-22(24)3-2-6-29-25)17-21(35-18)16-32-7-9-33(10-8-32)26-30-13-20-12-28-14-23(20)31-26/h2-6,13,18,21,28H,7-10,12,14-17H2,1H3/t18-,21+/m1/s1. The summed E-state index contributed by atoms with van der Waals surface area (Å²) in [5.74, 6) is 0.849. The molecule has 0 aliphatic carbocycles. The van der Waals surface area contributed by atoms with Crippen LogP contribution in [0.3, 0.4) is 0 Å². The lowest BCUT2D eigenvalue weighted by molar-refractivity contribution is -0.0327. The molecule has 0 radical (unpaired) electrons. The van der Waals surface area contributed by atoms with E-state index in [1.807, 2.05) is 18.3 Å². The topological polar surface area (TPSA) is 93.4 Å². The van der Waals surface area contributed by atoms with Crippen LogP contribution in [0.25, 0.3) is 10.9 Å². The Morgan fingerprint density at radius 2 is 1.97 bits per heavy atom. The first-order valence-electron chi connectivity index (χ1n) is 12.4. The monoisotopic (exact) mass is 470 g/mol. The number of rotatable bonds is 4. The summed E-state index contributed by atoms with van der Waals surface area (Å²) in [4.78, 5) is 21.1. The molecule has 1 aromatic carbocycles. The molecule has 1 N–H and O–H groups in total. The van der Waals surface area contributed by atoms with E-state index < -0.39 is 0 Å². The van der Waals surface area contributed by atoms with Gasteiger partial charge in [-0.3, -0.25) is 9.88 Å². The van der Waals surface area contributed by atoms with Crippen molar-refractivity contribution in [3.05, 3.63) is 53.5 Å². The van der Waals surface area contributed by atoms with Crippen LogP contribution < -0.4 is 15.1 Å². The zero-order valence-corrected chi connectivity index (χ0v) is 20.0. The predicted octanol–water partition coefficient (Wildman–Crippen LogP) is 1.92. The molecule has 0 saturated carbocycles. The summed E-state index contributed by atoms with van der Waals surface area (Å²) in [6.45, 7) is 10.2. The number of morpholine rings is 1. The molecular formula is C26H30N8O. The molecule has 5 heterocycles. The minimum absolute atomic E-state index is 0.120. The molecule has 2 fully saturated rings. The molecule has 6 rings (SSSR count). The van der Waals surface area contributed by atoms with Crippen LogP contribution >= 0.6 is 0 Å². The lowest BCUT2D eigenvalue weighted by Crippen LogP contribution is -2.54. The Morgan fingerprint density at radius 1 is 1.09 bits per heavy atom. The van der Waals surface area contributed by atoms with Crippen LogP contribution in [0, 0.1) is 11.3 Å². The molecule has 3 aromatic rings. The lowest BCUT2D eigenvalue weighted by Gasteiger charge is -2.42. The van der Waals surface area contributed by atoms with Crippen LogP contribution in [0.15, 0.2) is 36.7 Å². The van der Waals surface area contributed by atoms with Crippen molar-refractivity contribution in [1.82, 2.24) is 25.2 Å². The molecule has 2 saturated heterocycles. The van der Waals surface area contributed by atoms with E-state index in [0.29, 0.717) is 5.56 Å². The van der Waals surface area contributed by atoms with Gasteiger partial charge in [-0.05, 0) is 31.2 Å². The van der Waals surface area contributed by atoms with Crippen molar-refractivity contribution in [2.75, 3.05) is 55.6 Å². The highest BCUT2D eigenvalue weighted by atomic mass is 16.5. The third kappa shape index (κ3) is 4.41. The molecule has 2 atom stereocenters. The minimum Gasteiger partial charge on any atom is -0.370 e. The summed E-state index contributed by atoms with van der Waals surface area (Å²) in [6.07, 6.45) is 3.97. The number of piperazine rings is 1. The van der Waals surface area contributed by atoms with E-state index in [1.165, 1.54) is 5.56 Å². The number of hydrogen-bond donors (Lipinski definition) is 1. The van der Waals surface area contributed by atoms with E-state index in [4.69, 9.17) is 9.72 Å². The van der Waals surface area contributed by atoms with Gasteiger partial charge in [-0.15, -0.1) is 0 Å². The predicted molar refractivity (Wildman–Crippen MR) is 134 cm³/mol. The fourth-order valence-electron chi connectivity index (χ4n) is 5.48. The number of nitrogens with zero attached hydrogens (tertiary/aromatic N) is 7. The summed E-state index contributed by atoms with van der Waals surface area (Å²) in [5.41, 5.74) is 4.85. The number of fused-ring (bicyclic) bond motifs is 2. The van der Waals surface area contributed by atoms with E-state index in [-0.39, 0.29) is 12.2 Å². The van der Waals surface area contributed by atoms with Crippen molar-refractivity contribution in [1.29, 1.82) is 5.26 Å². The van der Waals surface area contributed by atoms with E-state index in [9.17, 15) is 5.26 Å². The average molecular weight is 471 g/mol. The van der Waals surface area contributed by atoms with Gasteiger partial charge in [0.25, 0.3) is 0 Å². The first-order valence-corrected chi connectivity index (χ1v) is 12.4. The van der Waals surface area contributed by atoms with Crippen molar-refractivity contribution >= 4 is 22.5 Å². The fourth-order valence-corrected chi connectivity index (χ4v) is 5.48. The molecular weight excluding hydrogens is 440 g/mol. The smallest absolute Gasteiger partial charge is 0.225 e. The third-order valence-corrected chi connectivity index (χ3v) is 7.20. The fraction of sp³-hybridized carbons (Fsp3) is 0.462. The second kappa shape index (κ2) is 9.38. The average Bonchev–Trinajstić information content (AvgIpc) is 3.36. The minimum atomic E-state index is 0.120. The van der Waals surface area contributed by atoms with E-state index in [0.717, 1.165) is 87.1 Å². The summed E-state index contributed by atoms with van der Waals surface area (Å²) >= 11 is 0. The van der Waals surface area contributed by atoms with Gasteiger partial charge in [0.1, 0.15) is 6.07 Å². The first-order chi connectivity index (χ1) is 17.2. The molecule has 0 unspecified atom stereocenters. The summed E-state index contributed by atoms with van der Waals surface area (Å²) in [7, 11) is 0. The van der Waals surface area contributed by atoms with Crippen molar-refractivity contribution < 1.29 is 4.74 Å².